The van der Waals surface area contributed by atoms with Crippen molar-refractivity contribution in [1.82, 2.24) is 10.3 Å². The molecule has 2 aromatic carbocycles. The molecule has 0 saturated carbocycles. The van der Waals surface area contributed by atoms with Gasteiger partial charge in [0.1, 0.15) is 0 Å². The van der Waals surface area contributed by atoms with E-state index >= 15 is 0 Å². The van der Waals surface area contributed by atoms with Gasteiger partial charge >= 0.3 is 0 Å². The van der Waals surface area contributed by atoms with Crippen LogP contribution < -0.4 is 10.6 Å². The molecule has 2 amide bonds. The quantitative estimate of drug-likeness (QED) is 0.498. The summed E-state index contributed by atoms with van der Waals surface area (Å²) >= 11 is 1.40. The number of anilines is 1. The number of hydrogen-bond acceptors (Lipinski definition) is 4. The van der Waals surface area contributed by atoms with Crippen molar-refractivity contribution < 1.29 is 9.59 Å². The number of benzene rings is 2. The molecule has 0 radical (unpaired) electrons. The Bertz CT molecular complexity index is 996. The lowest BCUT2D eigenvalue weighted by Crippen LogP contribution is -2.28. The van der Waals surface area contributed by atoms with Crippen LogP contribution in [0.1, 0.15) is 47.7 Å². The van der Waals surface area contributed by atoms with Gasteiger partial charge in [-0.3, -0.25) is 9.59 Å². The Labute approximate surface area is 181 Å². The maximum absolute atomic E-state index is 12.2. The average molecular weight is 422 g/mol. The first-order valence-corrected chi connectivity index (χ1v) is 11.1. The molecule has 0 saturated heterocycles. The van der Waals surface area contributed by atoms with E-state index in [0.29, 0.717) is 10.7 Å². The van der Waals surface area contributed by atoms with Crippen LogP contribution >= 0.6 is 11.3 Å². The first kappa shape index (κ1) is 21.7. The summed E-state index contributed by atoms with van der Waals surface area (Å²) in [6.07, 6.45) is 3.66. The summed E-state index contributed by atoms with van der Waals surface area (Å²) in [5.41, 5.74) is 4.76. The highest BCUT2D eigenvalue weighted by Gasteiger charge is 2.11. The number of nitrogens with one attached hydrogen (secondary N) is 2. The van der Waals surface area contributed by atoms with Crippen LogP contribution in [-0.2, 0) is 11.2 Å². The molecule has 0 unspecified atom stereocenters. The van der Waals surface area contributed by atoms with E-state index in [1.165, 1.54) is 29.7 Å². The summed E-state index contributed by atoms with van der Waals surface area (Å²) in [5, 5.41) is 8.11. The number of nitrogens with zero attached hydrogens (tertiary/aromatic N) is 1. The van der Waals surface area contributed by atoms with Gasteiger partial charge in [-0.2, -0.15) is 0 Å². The molecule has 0 fully saturated rings. The number of unbranched alkanes of at least 4 members (excludes halogenated alkanes) is 1. The van der Waals surface area contributed by atoms with Gasteiger partial charge in [0.15, 0.2) is 5.13 Å². The van der Waals surface area contributed by atoms with Crippen molar-refractivity contribution in [1.29, 1.82) is 0 Å². The number of hydrogen-bond donors (Lipinski definition) is 2. The van der Waals surface area contributed by atoms with E-state index in [2.05, 4.69) is 46.8 Å². The van der Waals surface area contributed by atoms with Crippen LogP contribution in [0.4, 0.5) is 5.13 Å². The van der Waals surface area contributed by atoms with Crippen molar-refractivity contribution in [2.45, 2.75) is 39.5 Å². The lowest BCUT2D eigenvalue weighted by molar-refractivity contribution is -0.116. The topological polar surface area (TPSA) is 71.1 Å². The van der Waals surface area contributed by atoms with Gasteiger partial charge in [0, 0.05) is 29.5 Å². The van der Waals surface area contributed by atoms with Crippen LogP contribution in [0, 0.1) is 6.92 Å². The predicted molar refractivity (Wildman–Crippen MR) is 123 cm³/mol. The largest absolute Gasteiger partial charge is 0.352 e. The smallest absolute Gasteiger partial charge is 0.251 e. The van der Waals surface area contributed by atoms with Crippen LogP contribution in [0.3, 0.4) is 0 Å². The lowest BCUT2D eigenvalue weighted by Gasteiger charge is -2.07. The second kappa shape index (κ2) is 10.7. The Morgan fingerprint density at radius 1 is 1.07 bits per heavy atom. The van der Waals surface area contributed by atoms with Crippen molar-refractivity contribution in [2.24, 2.45) is 0 Å². The van der Waals surface area contributed by atoms with Gasteiger partial charge < -0.3 is 10.6 Å². The molecule has 0 aliphatic carbocycles. The van der Waals surface area contributed by atoms with Crippen LogP contribution in [-0.4, -0.2) is 23.3 Å². The zero-order valence-corrected chi connectivity index (χ0v) is 18.2. The molecule has 0 aliphatic heterocycles. The Hall–Kier alpha value is -2.99. The van der Waals surface area contributed by atoms with Crippen LogP contribution in [0.2, 0.25) is 0 Å². The van der Waals surface area contributed by atoms with Gasteiger partial charge in [0.2, 0.25) is 5.91 Å². The molecule has 0 spiro atoms. The summed E-state index contributed by atoms with van der Waals surface area (Å²) in [7, 11) is 0. The third-order valence-corrected chi connectivity index (χ3v) is 5.60. The number of thiazole rings is 1. The Kier molecular flexibility index (Phi) is 7.74. The fourth-order valence-electron chi connectivity index (χ4n) is 3.08. The van der Waals surface area contributed by atoms with E-state index in [9.17, 15) is 9.59 Å². The number of rotatable bonds is 9. The lowest BCUT2D eigenvalue weighted by atomic mass is 10.1. The highest BCUT2D eigenvalue weighted by molar-refractivity contribution is 7.14. The van der Waals surface area contributed by atoms with Crippen LogP contribution in [0.25, 0.3) is 11.3 Å². The van der Waals surface area contributed by atoms with Gasteiger partial charge in [0.05, 0.1) is 5.69 Å². The molecular formula is C24H27N3O2S. The molecule has 1 aromatic heterocycles. The fraction of sp³-hybridized carbons (Fsp3) is 0.292. The first-order valence-electron chi connectivity index (χ1n) is 10.3. The maximum atomic E-state index is 12.2. The van der Waals surface area contributed by atoms with Gasteiger partial charge in [-0.25, -0.2) is 4.98 Å². The highest BCUT2D eigenvalue weighted by atomic mass is 32.1. The summed E-state index contributed by atoms with van der Waals surface area (Å²) in [6, 6.07) is 15.8. The maximum Gasteiger partial charge on any atom is 0.251 e. The minimum Gasteiger partial charge on any atom is -0.352 e. The van der Waals surface area contributed by atoms with Crippen molar-refractivity contribution in [2.75, 3.05) is 11.9 Å². The van der Waals surface area contributed by atoms with E-state index in [1.807, 2.05) is 30.5 Å². The minimum atomic E-state index is -0.170. The third kappa shape index (κ3) is 6.00. The molecule has 156 valence electrons. The molecular weight excluding hydrogens is 394 g/mol. The zero-order valence-electron chi connectivity index (χ0n) is 17.4. The van der Waals surface area contributed by atoms with E-state index < -0.39 is 0 Å². The van der Waals surface area contributed by atoms with E-state index in [4.69, 9.17) is 0 Å². The van der Waals surface area contributed by atoms with Gasteiger partial charge in [0.25, 0.3) is 5.91 Å². The number of aryl methyl sites for hydroxylation is 2. The first-order chi connectivity index (χ1) is 14.6. The summed E-state index contributed by atoms with van der Waals surface area (Å²) in [5.74, 6) is -0.337. The van der Waals surface area contributed by atoms with E-state index in [0.717, 1.165) is 23.2 Å². The number of carbonyl (C=O) groups is 2. The molecule has 2 N–H and O–H groups in total. The SMILES string of the molecule is CCCCc1ccc(-c2csc(NC(=O)CCNC(=O)c3ccccc3C)n2)cc1. The van der Waals surface area contributed by atoms with Crippen molar-refractivity contribution in [3.8, 4) is 11.3 Å². The molecule has 1 heterocycles. The number of amides is 2. The fourth-order valence-corrected chi connectivity index (χ4v) is 3.82. The summed E-state index contributed by atoms with van der Waals surface area (Å²) in [6.45, 7) is 4.36. The second-order valence-electron chi connectivity index (χ2n) is 7.21. The van der Waals surface area contributed by atoms with E-state index in [1.54, 1.807) is 6.07 Å². The van der Waals surface area contributed by atoms with Gasteiger partial charge in [-0.1, -0.05) is 55.8 Å². The number of aromatic nitrogens is 1. The van der Waals surface area contributed by atoms with Crippen LogP contribution in [0.15, 0.2) is 53.9 Å². The molecule has 0 bridgehead atoms. The molecule has 3 aromatic rings. The molecule has 0 aliphatic rings. The van der Waals surface area contributed by atoms with Gasteiger partial charge in [-0.05, 0) is 37.0 Å². The van der Waals surface area contributed by atoms with Crippen molar-refractivity contribution >= 4 is 28.3 Å². The highest BCUT2D eigenvalue weighted by Crippen LogP contribution is 2.25. The summed E-state index contributed by atoms with van der Waals surface area (Å²) in [4.78, 5) is 28.9. The second-order valence-corrected chi connectivity index (χ2v) is 8.07. The molecule has 30 heavy (non-hydrogen) atoms. The van der Waals surface area contributed by atoms with Crippen molar-refractivity contribution in [3.05, 3.63) is 70.6 Å². The van der Waals surface area contributed by atoms with E-state index in [-0.39, 0.29) is 24.8 Å². The Balaban J connectivity index is 1.48. The molecule has 0 atom stereocenters. The average Bonchev–Trinajstić information content (AvgIpc) is 3.21. The van der Waals surface area contributed by atoms with Crippen molar-refractivity contribution in [3.63, 3.8) is 0 Å². The van der Waals surface area contributed by atoms with Crippen LogP contribution in [0.5, 0.6) is 0 Å². The van der Waals surface area contributed by atoms with Gasteiger partial charge in [-0.15, -0.1) is 11.3 Å². The number of carbonyl (C=O) groups excluding carboxylic acids is 2. The Morgan fingerprint density at radius 2 is 1.83 bits per heavy atom. The monoisotopic (exact) mass is 421 g/mol. The third-order valence-electron chi connectivity index (χ3n) is 4.85. The zero-order chi connectivity index (χ0) is 21.3. The minimum absolute atomic E-state index is 0.167. The molecule has 3 rings (SSSR count). The molecule has 5 nitrogen and oxygen atoms in total. The summed E-state index contributed by atoms with van der Waals surface area (Å²) < 4.78 is 0. The Morgan fingerprint density at radius 3 is 2.57 bits per heavy atom. The predicted octanol–water partition coefficient (Wildman–Crippen LogP) is 5.22. The molecule has 6 heteroatoms. The standard InChI is InChI=1S/C24H27N3O2S/c1-3-4-8-18-10-12-19(13-11-18)21-16-30-24(26-21)27-22(28)14-15-25-23(29)20-9-6-5-7-17(20)2/h5-7,9-13,16H,3-4,8,14-15H2,1-2H3,(H,25,29)(H,26,27,28). The normalized spacial score (nSPS) is 10.6.